The lowest BCUT2D eigenvalue weighted by Gasteiger charge is -2.19. The zero-order valence-electron chi connectivity index (χ0n) is 14.5. The molecule has 0 unspecified atom stereocenters. The van der Waals surface area contributed by atoms with Gasteiger partial charge in [0.05, 0.1) is 28.4 Å². The first-order valence-electron chi connectivity index (χ1n) is 9.05. The van der Waals surface area contributed by atoms with Crippen molar-refractivity contribution in [2.75, 3.05) is 11.4 Å². The van der Waals surface area contributed by atoms with E-state index in [1.807, 2.05) is 36.4 Å². The predicted octanol–water partition coefficient (Wildman–Crippen LogP) is 3.36. The van der Waals surface area contributed by atoms with Crippen molar-refractivity contribution in [3.05, 3.63) is 54.4 Å². The van der Waals surface area contributed by atoms with Crippen molar-refractivity contribution < 1.29 is 13.7 Å². The number of rotatable bonds is 3. The fourth-order valence-electron chi connectivity index (χ4n) is 3.98. The third kappa shape index (κ3) is 1.99. The number of fused-ring (bicyclic) bond motifs is 3. The number of nitrogens with zero attached hydrogens (tertiary/aromatic N) is 4. The highest BCUT2D eigenvalue weighted by molar-refractivity contribution is 6.03. The molecule has 0 saturated heterocycles. The van der Waals surface area contributed by atoms with Gasteiger partial charge >= 0.3 is 0 Å². The van der Waals surface area contributed by atoms with Gasteiger partial charge in [-0.1, -0.05) is 17.3 Å². The smallest absolute Gasteiger partial charge is 0.241 e. The average Bonchev–Trinajstić information content (AvgIpc) is 3.18. The molecule has 1 aliphatic carbocycles. The number of hydrogen-bond donors (Lipinski definition) is 0. The van der Waals surface area contributed by atoms with Crippen LogP contribution in [0.5, 0.6) is 0 Å². The summed E-state index contributed by atoms with van der Waals surface area (Å²) in [7, 11) is 0. The van der Waals surface area contributed by atoms with Crippen molar-refractivity contribution in [2.24, 2.45) is 0 Å². The number of anilines is 1. The maximum atomic E-state index is 13.4. The number of amides is 1. The number of hydrogen-bond acceptors (Lipinski definition) is 5. The Hall–Kier alpha value is -3.35. The summed E-state index contributed by atoms with van der Waals surface area (Å²) < 4.78 is 12.9. The zero-order valence-corrected chi connectivity index (χ0v) is 14.5. The third-order valence-electron chi connectivity index (χ3n) is 5.59. The van der Waals surface area contributed by atoms with Crippen molar-refractivity contribution in [1.29, 1.82) is 0 Å². The topological polar surface area (TPSA) is 77.3 Å². The molecule has 1 aliphatic heterocycles. The summed E-state index contributed by atoms with van der Waals surface area (Å²) >= 11 is 0. The van der Waals surface area contributed by atoms with Crippen LogP contribution in [-0.2, 0) is 16.8 Å². The summed E-state index contributed by atoms with van der Waals surface area (Å²) in [6.07, 6.45) is 3.13. The van der Waals surface area contributed by atoms with Crippen LogP contribution in [0.4, 0.5) is 5.95 Å². The summed E-state index contributed by atoms with van der Waals surface area (Å²) in [5, 5.41) is 4.19. The highest BCUT2D eigenvalue weighted by Crippen LogP contribution is 2.50. The van der Waals surface area contributed by atoms with Crippen molar-refractivity contribution in [3.63, 3.8) is 0 Å². The van der Waals surface area contributed by atoms with Gasteiger partial charge in [-0.3, -0.25) is 9.69 Å². The Morgan fingerprint density at radius 1 is 1.07 bits per heavy atom. The quantitative estimate of drug-likeness (QED) is 0.560. The number of benzene rings is 1. The Bertz CT molecular complexity index is 1170. The molecule has 2 aliphatic rings. The van der Waals surface area contributed by atoms with E-state index < -0.39 is 5.41 Å². The van der Waals surface area contributed by atoms with Gasteiger partial charge in [0, 0.05) is 19.2 Å². The molecule has 27 heavy (non-hydrogen) atoms. The van der Waals surface area contributed by atoms with E-state index in [1.54, 1.807) is 17.2 Å². The zero-order chi connectivity index (χ0) is 18.0. The van der Waals surface area contributed by atoms with Crippen LogP contribution in [0.15, 0.2) is 57.7 Å². The molecule has 7 heteroatoms. The van der Waals surface area contributed by atoms with Gasteiger partial charge in [0.1, 0.15) is 0 Å². The number of carbonyl (C=O) groups excluding carboxylic acids is 1. The molecule has 6 rings (SSSR count). The Labute approximate surface area is 154 Å². The monoisotopic (exact) mass is 360 g/mol. The molecule has 3 aromatic heterocycles. The first kappa shape index (κ1) is 14.8. The standard InChI is InChI=1S/C20H16N4O3/c25-18(24-10-9-23-14-5-2-1-4-13(14)21-19(23)24)20(7-8-20)17-12-16(27-22-17)15-6-3-11-26-15/h1-6,11-12H,7-10H2. The summed E-state index contributed by atoms with van der Waals surface area (Å²) in [4.78, 5) is 19.9. The van der Waals surface area contributed by atoms with Crippen LogP contribution in [0.25, 0.3) is 22.6 Å². The van der Waals surface area contributed by atoms with Gasteiger partial charge in [0.25, 0.3) is 0 Å². The molecular formula is C20H16N4O3. The number of para-hydroxylation sites is 2. The minimum absolute atomic E-state index is 0.0517. The van der Waals surface area contributed by atoms with E-state index in [2.05, 4.69) is 14.7 Å². The molecule has 0 spiro atoms. The average molecular weight is 360 g/mol. The third-order valence-corrected chi connectivity index (χ3v) is 5.59. The Balaban J connectivity index is 1.36. The molecule has 7 nitrogen and oxygen atoms in total. The first-order chi connectivity index (χ1) is 13.3. The van der Waals surface area contributed by atoms with Crippen molar-refractivity contribution >= 4 is 22.9 Å². The molecule has 134 valence electrons. The van der Waals surface area contributed by atoms with Crippen LogP contribution < -0.4 is 4.90 Å². The normalized spacial score (nSPS) is 17.4. The van der Waals surface area contributed by atoms with Crippen LogP contribution >= 0.6 is 0 Å². The first-order valence-corrected chi connectivity index (χ1v) is 9.05. The van der Waals surface area contributed by atoms with Gasteiger partial charge in [0.15, 0.2) is 5.76 Å². The molecule has 1 saturated carbocycles. The van der Waals surface area contributed by atoms with Gasteiger partial charge in [-0.2, -0.15) is 0 Å². The van der Waals surface area contributed by atoms with E-state index in [0.717, 1.165) is 36.4 Å². The summed E-state index contributed by atoms with van der Waals surface area (Å²) in [6.45, 7) is 1.39. The number of imidazole rings is 1. The van der Waals surface area contributed by atoms with E-state index in [4.69, 9.17) is 8.94 Å². The van der Waals surface area contributed by atoms with E-state index in [0.29, 0.717) is 23.8 Å². The van der Waals surface area contributed by atoms with Crippen LogP contribution in [0.3, 0.4) is 0 Å². The van der Waals surface area contributed by atoms with E-state index in [9.17, 15) is 4.79 Å². The summed E-state index contributed by atoms with van der Waals surface area (Å²) in [6, 6.07) is 13.4. The Morgan fingerprint density at radius 3 is 2.78 bits per heavy atom. The van der Waals surface area contributed by atoms with Gasteiger partial charge in [-0.05, 0) is 37.1 Å². The lowest BCUT2D eigenvalue weighted by molar-refractivity contribution is -0.121. The minimum Gasteiger partial charge on any atom is -0.461 e. The molecule has 0 bridgehead atoms. The number of carbonyl (C=O) groups is 1. The summed E-state index contributed by atoms with van der Waals surface area (Å²) in [5.74, 6) is 1.93. The van der Waals surface area contributed by atoms with Crippen molar-refractivity contribution in [3.8, 4) is 11.5 Å². The van der Waals surface area contributed by atoms with E-state index in [1.165, 1.54) is 0 Å². The molecule has 4 aromatic rings. The minimum atomic E-state index is -0.609. The highest BCUT2D eigenvalue weighted by atomic mass is 16.5. The van der Waals surface area contributed by atoms with Crippen LogP contribution in [-0.4, -0.2) is 27.2 Å². The Kier molecular flexibility index (Phi) is 2.79. The molecule has 1 aromatic carbocycles. The van der Waals surface area contributed by atoms with E-state index in [-0.39, 0.29) is 5.91 Å². The Morgan fingerprint density at radius 2 is 1.96 bits per heavy atom. The predicted molar refractivity (Wildman–Crippen MR) is 97.2 cm³/mol. The largest absolute Gasteiger partial charge is 0.461 e. The fourth-order valence-corrected chi connectivity index (χ4v) is 3.98. The van der Waals surface area contributed by atoms with Gasteiger partial charge in [-0.15, -0.1) is 0 Å². The van der Waals surface area contributed by atoms with E-state index >= 15 is 0 Å². The van der Waals surface area contributed by atoms with Gasteiger partial charge < -0.3 is 13.5 Å². The summed E-state index contributed by atoms with van der Waals surface area (Å²) in [5.41, 5.74) is 2.04. The maximum Gasteiger partial charge on any atom is 0.241 e. The molecule has 0 atom stereocenters. The van der Waals surface area contributed by atoms with Crippen LogP contribution in [0.1, 0.15) is 18.5 Å². The number of furan rings is 1. The molecular weight excluding hydrogens is 344 g/mol. The molecule has 1 amide bonds. The number of aromatic nitrogens is 3. The van der Waals surface area contributed by atoms with Crippen molar-refractivity contribution in [2.45, 2.75) is 24.8 Å². The second-order valence-electron chi connectivity index (χ2n) is 7.14. The lowest BCUT2D eigenvalue weighted by atomic mass is 10.00. The second-order valence-corrected chi connectivity index (χ2v) is 7.14. The molecule has 1 fully saturated rings. The SMILES string of the molecule is O=C(N1CCn2c1nc1ccccc12)C1(c2cc(-c3ccco3)on2)CC1. The molecule has 4 heterocycles. The maximum absolute atomic E-state index is 13.4. The highest BCUT2D eigenvalue weighted by Gasteiger charge is 2.56. The van der Waals surface area contributed by atoms with Crippen LogP contribution in [0, 0.1) is 0 Å². The molecule has 0 N–H and O–H groups in total. The van der Waals surface area contributed by atoms with Gasteiger partial charge in [0.2, 0.25) is 17.6 Å². The fraction of sp³-hybridized carbons (Fsp3) is 0.250. The van der Waals surface area contributed by atoms with Crippen LogP contribution in [0.2, 0.25) is 0 Å². The lowest BCUT2D eigenvalue weighted by Crippen LogP contribution is -2.38. The molecule has 0 radical (unpaired) electrons. The van der Waals surface area contributed by atoms with Gasteiger partial charge in [-0.25, -0.2) is 4.98 Å². The second kappa shape index (κ2) is 5.09. The van der Waals surface area contributed by atoms with Crippen molar-refractivity contribution in [1.82, 2.24) is 14.7 Å².